The normalized spacial score (nSPS) is 10.7. The summed E-state index contributed by atoms with van der Waals surface area (Å²) in [7, 11) is 1.55. The van der Waals surface area contributed by atoms with Crippen molar-refractivity contribution in [1.82, 2.24) is 15.0 Å². The third-order valence-electron chi connectivity index (χ3n) is 3.96. The van der Waals surface area contributed by atoms with Crippen molar-refractivity contribution in [3.05, 3.63) is 71.4 Å². The number of methoxy groups -OCH3 is 1. The lowest BCUT2D eigenvalue weighted by Crippen LogP contribution is -2.06. The van der Waals surface area contributed by atoms with Gasteiger partial charge in [-0.1, -0.05) is 13.0 Å². The first-order chi connectivity index (χ1) is 12.7. The minimum absolute atomic E-state index is 0.249. The first-order valence-corrected chi connectivity index (χ1v) is 8.48. The summed E-state index contributed by atoms with van der Waals surface area (Å²) in [5.74, 6) is 1.14. The Labute approximate surface area is 152 Å². The summed E-state index contributed by atoms with van der Waals surface area (Å²) in [5.41, 5.74) is 3.37. The van der Waals surface area contributed by atoms with Gasteiger partial charge in [-0.3, -0.25) is 4.98 Å². The summed E-state index contributed by atoms with van der Waals surface area (Å²) < 4.78 is 18.8. The van der Waals surface area contributed by atoms with Crippen molar-refractivity contribution in [3.63, 3.8) is 0 Å². The smallest absolute Gasteiger partial charge is 0.161 e. The van der Waals surface area contributed by atoms with Gasteiger partial charge in [0.15, 0.2) is 5.82 Å². The molecule has 26 heavy (non-hydrogen) atoms. The van der Waals surface area contributed by atoms with Crippen LogP contribution in [0.25, 0.3) is 11.4 Å². The van der Waals surface area contributed by atoms with E-state index in [0.29, 0.717) is 17.9 Å². The summed E-state index contributed by atoms with van der Waals surface area (Å²) in [6, 6.07) is 10.7. The highest BCUT2D eigenvalue weighted by Crippen LogP contribution is 2.19. The van der Waals surface area contributed by atoms with Crippen molar-refractivity contribution >= 4 is 5.82 Å². The van der Waals surface area contributed by atoms with Crippen molar-refractivity contribution in [2.24, 2.45) is 0 Å². The van der Waals surface area contributed by atoms with Gasteiger partial charge in [0.2, 0.25) is 0 Å². The zero-order chi connectivity index (χ0) is 18.4. The van der Waals surface area contributed by atoms with E-state index in [1.807, 2.05) is 18.2 Å². The van der Waals surface area contributed by atoms with Crippen LogP contribution in [0.1, 0.15) is 23.7 Å². The van der Waals surface area contributed by atoms with Crippen molar-refractivity contribution < 1.29 is 9.13 Å². The molecule has 0 saturated heterocycles. The molecule has 0 aliphatic rings. The van der Waals surface area contributed by atoms with Gasteiger partial charge >= 0.3 is 0 Å². The summed E-state index contributed by atoms with van der Waals surface area (Å²) in [6.45, 7) is 2.84. The summed E-state index contributed by atoms with van der Waals surface area (Å²) in [6.07, 6.45) is 4.25. The molecule has 134 valence electrons. The van der Waals surface area contributed by atoms with Gasteiger partial charge in [0.05, 0.1) is 6.61 Å². The molecule has 3 aromatic rings. The predicted octanol–water partition coefficient (Wildman–Crippen LogP) is 4.00. The molecular weight excluding hydrogens is 331 g/mol. The highest BCUT2D eigenvalue weighted by atomic mass is 19.1. The number of nitrogens with one attached hydrogen (secondary N) is 1. The van der Waals surface area contributed by atoms with Gasteiger partial charge in [0.1, 0.15) is 11.6 Å². The number of rotatable bonds is 7. The molecule has 0 unspecified atom stereocenters. The fraction of sp³-hybridized carbons (Fsp3) is 0.250. The van der Waals surface area contributed by atoms with Gasteiger partial charge in [-0.05, 0) is 36.2 Å². The molecule has 5 nitrogen and oxygen atoms in total. The Balaban J connectivity index is 1.80. The zero-order valence-corrected chi connectivity index (χ0v) is 14.9. The van der Waals surface area contributed by atoms with Gasteiger partial charge in [-0.25, -0.2) is 14.4 Å². The van der Waals surface area contributed by atoms with Gasteiger partial charge < -0.3 is 10.1 Å². The number of halogens is 1. The molecule has 0 amide bonds. The summed E-state index contributed by atoms with van der Waals surface area (Å²) in [4.78, 5) is 13.2. The summed E-state index contributed by atoms with van der Waals surface area (Å²) in [5, 5.41) is 3.30. The van der Waals surface area contributed by atoms with Crippen LogP contribution in [0.15, 0.2) is 48.8 Å². The van der Waals surface area contributed by atoms with Crippen LogP contribution in [0.2, 0.25) is 0 Å². The zero-order valence-electron chi connectivity index (χ0n) is 14.9. The lowest BCUT2D eigenvalue weighted by atomic mass is 10.1. The maximum atomic E-state index is 13.7. The minimum atomic E-state index is -0.258. The molecule has 0 aliphatic carbocycles. The second kappa shape index (κ2) is 8.49. The van der Waals surface area contributed by atoms with E-state index in [4.69, 9.17) is 4.74 Å². The summed E-state index contributed by atoms with van der Waals surface area (Å²) >= 11 is 0. The van der Waals surface area contributed by atoms with Crippen LogP contribution in [0, 0.1) is 5.82 Å². The second-order valence-electron chi connectivity index (χ2n) is 5.87. The number of anilines is 1. The van der Waals surface area contributed by atoms with Crippen LogP contribution >= 0.6 is 0 Å². The number of hydrogen-bond acceptors (Lipinski definition) is 5. The van der Waals surface area contributed by atoms with E-state index in [0.717, 1.165) is 29.1 Å². The predicted molar refractivity (Wildman–Crippen MR) is 99.1 cm³/mol. The molecule has 0 radical (unpaired) electrons. The number of nitrogens with zero attached hydrogens (tertiary/aromatic N) is 3. The molecule has 0 saturated carbocycles. The molecule has 6 heteroatoms. The Kier molecular flexibility index (Phi) is 5.86. The standard InChI is InChI=1S/C20H21FN4O/c1-3-17-11-19(25-20(24-17)15-6-8-22-9-7-15)23-12-14-4-5-18(21)16(10-14)13-26-2/h4-11H,3,12-13H2,1-2H3,(H,23,24,25). The van der Waals surface area contributed by atoms with E-state index in [9.17, 15) is 4.39 Å². The Morgan fingerprint density at radius 1 is 1.08 bits per heavy atom. The van der Waals surface area contributed by atoms with Crippen LogP contribution in [0.4, 0.5) is 10.2 Å². The number of ether oxygens (including phenoxy) is 1. The third-order valence-corrected chi connectivity index (χ3v) is 3.96. The van der Waals surface area contributed by atoms with Crippen LogP contribution in [-0.2, 0) is 24.3 Å². The molecule has 0 aliphatic heterocycles. The Hall–Kier alpha value is -2.86. The highest BCUT2D eigenvalue weighted by Gasteiger charge is 2.07. The van der Waals surface area contributed by atoms with E-state index in [1.54, 1.807) is 31.6 Å². The molecule has 0 fully saturated rings. The lowest BCUT2D eigenvalue weighted by molar-refractivity contribution is 0.181. The Morgan fingerprint density at radius 3 is 2.62 bits per heavy atom. The van der Waals surface area contributed by atoms with Crippen molar-refractivity contribution in [3.8, 4) is 11.4 Å². The number of pyridine rings is 1. The van der Waals surface area contributed by atoms with Gasteiger partial charge in [-0.15, -0.1) is 0 Å². The van der Waals surface area contributed by atoms with Crippen molar-refractivity contribution in [2.75, 3.05) is 12.4 Å². The topological polar surface area (TPSA) is 59.9 Å². The fourth-order valence-corrected chi connectivity index (χ4v) is 2.60. The Bertz CT molecular complexity index is 871. The maximum Gasteiger partial charge on any atom is 0.161 e. The third kappa shape index (κ3) is 4.40. The SMILES string of the molecule is CCc1cc(NCc2ccc(F)c(COC)c2)nc(-c2ccncc2)n1. The number of benzene rings is 1. The molecule has 1 N–H and O–H groups in total. The fourth-order valence-electron chi connectivity index (χ4n) is 2.60. The minimum Gasteiger partial charge on any atom is -0.380 e. The van der Waals surface area contributed by atoms with Gasteiger partial charge in [0, 0.05) is 48.9 Å². The molecule has 0 spiro atoms. The Morgan fingerprint density at radius 2 is 1.88 bits per heavy atom. The van der Waals surface area contributed by atoms with E-state index < -0.39 is 0 Å². The van der Waals surface area contributed by atoms with Crippen molar-refractivity contribution in [1.29, 1.82) is 0 Å². The van der Waals surface area contributed by atoms with Gasteiger partial charge in [-0.2, -0.15) is 0 Å². The lowest BCUT2D eigenvalue weighted by Gasteiger charge is -2.11. The first-order valence-electron chi connectivity index (χ1n) is 8.48. The monoisotopic (exact) mass is 352 g/mol. The van der Waals surface area contributed by atoms with Crippen LogP contribution in [-0.4, -0.2) is 22.1 Å². The van der Waals surface area contributed by atoms with Gasteiger partial charge in [0.25, 0.3) is 0 Å². The van der Waals surface area contributed by atoms with E-state index in [-0.39, 0.29) is 12.4 Å². The van der Waals surface area contributed by atoms with Crippen molar-refractivity contribution in [2.45, 2.75) is 26.5 Å². The number of hydrogen-bond donors (Lipinski definition) is 1. The largest absolute Gasteiger partial charge is 0.380 e. The first kappa shape index (κ1) is 17.9. The van der Waals surface area contributed by atoms with Crippen LogP contribution in [0.5, 0.6) is 0 Å². The second-order valence-corrected chi connectivity index (χ2v) is 5.87. The molecule has 2 aromatic heterocycles. The number of aryl methyl sites for hydroxylation is 1. The average Bonchev–Trinajstić information content (AvgIpc) is 2.69. The number of aromatic nitrogens is 3. The van der Waals surface area contributed by atoms with Crippen LogP contribution in [0.3, 0.4) is 0 Å². The maximum absolute atomic E-state index is 13.7. The molecule has 2 heterocycles. The quantitative estimate of drug-likeness (QED) is 0.696. The molecular formula is C20H21FN4O. The molecule has 1 aromatic carbocycles. The molecule has 0 bridgehead atoms. The van der Waals surface area contributed by atoms with Crippen LogP contribution < -0.4 is 5.32 Å². The molecule has 3 rings (SSSR count). The van der Waals surface area contributed by atoms with E-state index in [1.165, 1.54) is 6.07 Å². The molecule has 0 atom stereocenters. The van der Waals surface area contributed by atoms with E-state index in [2.05, 4.69) is 27.2 Å². The van der Waals surface area contributed by atoms with E-state index >= 15 is 0 Å². The highest BCUT2D eigenvalue weighted by molar-refractivity contribution is 5.56. The average molecular weight is 352 g/mol.